The Kier molecular flexibility index (Phi) is 6.10. The fraction of sp³-hybridized carbons (Fsp3) is 0.462. The van der Waals surface area contributed by atoms with Gasteiger partial charge in [-0.25, -0.2) is 4.79 Å². The van der Waals surface area contributed by atoms with Crippen molar-refractivity contribution in [2.75, 3.05) is 25.1 Å². The number of anilines is 1. The van der Waals surface area contributed by atoms with Crippen molar-refractivity contribution >= 4 is 11.7 Å². The van der Waals surface area contributed by atoms with Crippen molar-refractivity contribution in [1.29, 1.82) is 0 Å². The molecule has 4 heteroatoms. The number of carbonyl (C=O) groups is 1. The van der Waals surface area contributed by atoms with Gasteiger partial charge in [-0.3, -0.25) is 0 Å². The number of hydrogen-bond acceptors (Lipinski definition) is 4. The Labute approximate surface area is 102 Å². The van der Waals surface area contributed by atoms with E-state index < -0.39 is 0 Å². The maximum Gasteiger partial charge on any atom is 0.338 e. The van der Waals surface area contributed by atoms with Gasteiger partial charge < -0.3 is 15.2 Å². The standard InChI is InChI=1S/C13H19NO3/c1-2-3-10-17-13(16)11-4-6-12(7-5-11)14-8-9-15/h4-7,14-15H,2-3,8-10H2,1H3. The van der Waals surface area contributed by atoms with Crippen LogP contribution in [0.3, 0.4) is 0 Å². The lowest BCUT2D eigenvalue weighted by atomic mass is 10.2. The molecule has 2 N–H and O–H groups in total. The van der Waals surface area contributed by atoms with Crippen LogP contribution < -0.4 is 5.32 Å². The van der Waals surface area contributed by atoms with Crippen molar-refractivity contribution in [3.05, 3.63) is 29.8 Å². The summed E-state index contributed by atoms with van der Waals surface area (Å²) in [7, 11) is 0. The molecular formula is C13H19NO3. The van der Waals surface area contributed by atoms with Gasteiger partial charge in [0, 0.05) is 12.2 Å². The average molecular weight is 237 g/mol. The fourth-order valence-electron chi connectivity index (χ4n) is 1.32. The van der Waals surface area contributed by atoms with Crippen LogP contribution >= 0.6 is 0 Å². The number of hydrogen-bond donors (Lipinski definition) is 2. The number of rotatable bonds is 7. The highest BCUT2D eigenvalue weighted by atomic mass is 16.5. The summed E-state index contributed by atoms with van der Waals surface area (Å²) >= 11 is 0. The van der Waals surface area contributed by atoms with Gasteiger partial charge in [0.2, 0.25) is 0 Å². The van der Waals surface area contributed by atoms with Gasteiger partial charge in [-0.05, 0) is 30.7 Å². The summed E-state index contributed by atoms with van der Waals surface area (Å²) in [4.78, 5) is 11.6. The van der Waals surface area contributed by atoms with E-state index in [1.54, 1.807) is 24.3 Å². The van der Waals surface area contributed by atoms with E-state index in [-0.39, 0.29) is 12.6 Å². The van der Waals surface area contributed by atoms with Crippen molar-refractivity contribution in [1.82, 2.24) is 0 Å². The van der Waals surface area contributed by atoms with Crippen LogP contribution in [0.15, 0.2) is 24.3 Å². The van der Waals surface area contributed by atoms with Crippen molar-refractivity contribution in [3.8, 4) is 0 Å². The monoisotopic (exact) mass is 237 g/mol. The maximum atomic E-state index is 11.6. The first-order valence-corrected chi connectivity index (χ1v) is 5.90. The van der Waals surface area contributed by atoms with Gasteiger partial charge in [-0.15, -0.1) is 0 Å². The molecule has 0 aliphatic rings. The van der Waals surface area contributed by atoms with E-state index in [1.165, 1.54) is 0 Å². The molecule has 0 unspecified atom stereocenters. The number of aliphatic hydroxyl groups excluding tert-OH is 1. The third-order valence-corrected chi connectivity index (χ3v) is 2.29. The molecule has 0 saturated heterocycles. The molecule has 94 valence electrons. The Morgan fingerprint density at radius 1 is 1.35 bits per heavy atom. The van der Waals surface area contributed by atoms with Gasteiger partial charge in [-0.1, -0.05) is 13.3 Å². The summed E-state index contributed by atoms with van der Waals surface area (Å²) < 4.78 is 5.09. The van der Waals surface area contributed by atoms with Crippen LogP contribution in [0.2, 0.25) is 0 Å². The van der Waals surface area contributed by atoms with Crippen LogP contribution in [0.25, 0.3) is 0 Å². The third kappa shape index (κ3) is 4.87. The Morgan fingerprint density at radius 3 is 2.65 bits per heavy atom. The zero-order valence-corrected chi connectivity index (χ0v) is 10.1. The van der Waals surface area contributed by atoms with Crippen LogP contribution in [-0.2, 0) is 4.74 Å². The minimum atomic E-state index is -0.285. The number of unbranched alkanes of at least 4 members (excludes halogenated alkanes) is 1. The first-order chi connectivity index (χ1) is 8.27. The molecule has 0 fully saturated rings. The molecule has 0 aliphatic heterocycles. The highest BCUT2D eigenvalue weighted by Crippen LogP contribution is 2.10. The van der Waals surface area contributed by atoms with E-state index in [0.29, 0.717) is 18.7 Å². The molecule has 0 spiro atoms. The zero-order valence-electron chi connectivity index (χ0n) is 10.1. The quantitative estimate of drug-likeness (QED) is 0.563. The summed E-state index contributed by atoms with van der Waals surface area (Å²) in [6.45, 7) is 3.11. The van der Waals surface area contributed by atoms with E-state index >= 15 is 0 Å². The summed E-state index contributed by atoms with van der Waals surface area (Å²) in [6, 6.07) is 7.03. The van der Waals surface area contributed by atoms with Gasteiger partial charge in [0.25, 0.3) is 0 Å². The van der Waals surface area contributed by atoms with Crippen molar-refractivity contribution in [2.24, 2.45) is 0 Å². The van der Waals surface area contributed by atoms with Gasteiger partial charge in [0.15, 0.2) is 0 Å². The molecule has 0 aromatic heterocycles. The van der Waals surface area contributed by atoms with E-state index in [2.05, 4.69) is 12.2 Å². The lowest BCUT2D eigenvalue weighted by Crippen LogP contribution is -2.08. The number of nitrogens with one attached hydrogen (secondary N) is 1. The van der Waals surface area contributed by atoms with Gasteiger partial charge in [-0.2, -0.15) is 0 Å². The highest BCUT2D eigenvalue weighted by molar-refractivity contribution is 5.89. The van der Waals surface area contributed by atoms with Crippen LogP contribution in [0.1, 0.15) is 30.1 Å². The van der Waals surface area contributed by atoms with Crippen LogP contribution in [0.5, 0.6) is 0 Å². The number of carbonyl (C=O) groups excluding carboxylic acids is 1. The van der Waals surface area contributed by atoms with E-state index in [9.17, 15) is 4.79 Å². The number of esters is 1. The molecule has 1 rings (SSSR count). The lowest BCUT2D eigenvalue weighted by Gasteiger charge is -2.06. The second-order valence-corrected chi connectivity index (χ2v) is 3.72. The molecule has 0 aliphatic carbocycles. The van der Waals surface area contributed by atoms with Crippen molar-refractivity contribution in [2.45, 2.75) is 19.8 Å². The number of ether oxygens (including phenoxy) is 1. The van der Waals surface area contributed by atoms with Gasteiger partial charge in [0.05, 0.1) is 18.8 Å². The molecule has 1 aromatic carbocycles. The molecule has 0 bridgehead atoms. The molecule has 0 heterocycles. The summed E-state index contributed by atoms with van der Waals surface area (Å²) in [6.07, 6.45) is 1.90. The lowest BCUT2D eigenvalue weighted by molar-refractivity contribution is 0.0500. The Bertz CT molecular complexity index is 335. The summed E-state index contributed by atoms with van der Waals surface area (Å²) in [5.74, 6) is -0.285. The Balaban J connectivity index is 2.46. The third-order valence-electron chi connectivity index (χ3n) is 2.29. The molecule has 0 saturated carbocycles. The second kappa shape index (κ2) is 7.68. The molecule has 0 atom stereocenters. The van der Waals surface area contributed by atoms with Gasteiger partial charge >= 0.3 is 5.97 Å². The second-order valence-electron chi connectivity index (χ2n) is 3.72. The minimum Gasteiger partial charge on any atom is -0.462 e. The predicted molar refractivity (Wildman–Crippen MR) is 67.2 cm³/mol. The average Bonchev–Trinajstić information content (AvgIpc) is 2.37. The van der Waals surface area contributed by atoms with Crippen molar-refractivity contribution < 1.29 is 14.6 Å². The van der Waals surface area contributed by atoms with Crippen LogP contribution in [0.4, 0.5) is 5.69 Å². The Hall–Kier alpha value is -1.55. The molecular weight excluding hydrogens is 218 g/mol. The first-order valence-electron chi connectivity index (χ1n) is 5.90. The normalized spacial score (nSPS) is 10.0. The minimum absolute atomic E-state index is 0.0841. The smallest absolute Gasteiger partial charge is 0.338 e. The van der Waals surface area contributed by atoms with Crippen LogP contribution in [0, 0.1) is 0 Å². The highest BCUT2D eigenvalue weighted by Gasteiger charge is 2.05. The molecule has 4 nitrogen and oxygen atoms in total. The van der Waals surface area contributed by atoms with E-state index in [0.717, 1.165) is 18.5 Å². The SMILES string of the molecule is CCCCOC(=O)c1ccc(NCCO)cc1. The summed E-state index contributed by atoms with van der Waals surface area (Å²) in [5.41, 5.74) is 1.43. The van der Waals surface area contributed by atoms with E-state index in [4.69, 9.17) is 9.84 Å². The van der Waals surface area contributed by atoms with Crippen LogP contribution in [-0.4, -0.2) is 30.8 Å². The number of aliphatic hydroxyl groups is 1. The zero-order chi connectivity index (χ0) is 12.5. The maximum absolute atomic E-state index is 11.6. The molecule has 17 heavy (non-hydrogen) atoms. The topological polar surface area (TPSA) is 58.6 Å². The molecule has 0 amide bonds. The molecule has 1 aromatic rings. The first kappa shape index (κ1) is 13.5. The fourth-order valence-corrected chi connectivity index (χ4v) is 1.32. The van der Waals surface area contributed by atoms with Crippen molar-refractivity contribution in [3.63, 3.8) is 0 Å². The van der Waals surface area contributed by atoms with E-state index in [1.807, 2.05) is 0 Å². The predicted octanol–water partition coefficient (Wildman–Crippen LogP) is 2.05. The summed E-state index contributed by atoms with van der Waals surface area (Å²) in [5, 5.41) is 11.7. The molecule has 0 radical (unpaired) electrons. The number of benzene rings is 1. The Morgan fingerprint density at radius 2 is 2.06 bits per heavy atom. The van der Waals surface area contributed by atoms with Gasteiger partial charge in [0.1, 0.15) is 0 Å². The largest absolute Gasteiger partial charge is 0.462 e.